The lowest BCUT2D eigenvalue weighted by atomic mass is 10.0. The molecule has 0 bridgehead atoms. The fourth-order valence-electron chi connectivity index (χ4n) is 4.53. The van der Waals surface area contributed by atoms with E-state index in [1.54, 1.807) is 10.9 Å². The minimum Gasteiger partial charge on any atom is -0.297 e. The van der Waals surface area contributed by atoms with Crippen molar-refractivity contribution in [2.45, 2.75) is 31.6 Å². The summed E-state index contributed by atoms with van der Waals surface area (Å²) in [5, 5.41) is 5.01. The molecule has 2 aliphatic rings. The Morgan fingerprint density at radius 1 is 1.23 bits per heavy atom. The van der Waals surface area contributed by atoms with E-state index in [0.29, 0.717) is 31.2 Å². The zero-order chi connectivity index (χ0) is 21.8. The molecule has 8 heteroatoms. The third-order valence-corrected chi connectivity index (χ3v) is 8.60. The van der Waals surface area contributed by atoms with Gasteiger partial charge in [0, 0.05) is 50.8 Å². The number of carbonyl (C=O) groups excluding carboxylic acids is 1. The molecule has 1 saturated heterocycles. The van der Waals surface area contributed by atoms with Gasteiger partial charge in [-0.25, -0.2) is 13.4 Å². The number of Topliss-reactive ketones (excluding diaryl/α,β-unsaturated/α-hetero) is 1. The van der Waals surface area contributed by atoms with Crippen molar-refractivity contribution in [1.29, 1.82) is 0 Å². The maximum Gasteiger partial charge on any atom is 0.178 e. The minimum atomic E-state index is -2.97. The fraction of sp³-hybridized carbons (Fsp3) is 0.435. The molecule has 1 atom stereocenters. The van der Waals surface area contributed by atoms with Crippen LogP contribution in [-0.2, 0) is 23.4 Å². The van der Waals surface area contributed by atoms with Crippen molar-refractivity contribution in [2.24, 2.45) is 13.0 Å². The van der Waals surface area contributed by atoms with Gasteiger partial charge in [-0.3, -0.25) is 14.4 Å². The molecule has 2 fully saturated rings. The van der Waals surface area contributed by atoms with Gasteiger partial charge in [-0.15, -0.1) is 0 Å². The van der Waals surface area contributed by atoms with Crippen molar-refractivity contribution in [3.8, 4) is 11.1 Å². The van der Waals surface area contributed by atoms with E-state index in [1.807, 2.05) is 31.4 Å². The molecule has 0 amide bonds. The van der Waals surface area contributed by atoms with Crippen LogP contribution < -0.4 is 0 Å². The molecule has 1 aliphatic heterocycles. The summed E-state index contributed by atoms with van der Waals surface area (Å²) < 4.78 is 26.6. The summed E-state index contributed by atoms with van der Waals surface area (Å²) in [6.07, 6.45) is 5.78. The zero-order valence-corrected chi connectivity index (χ0v) is 18.6. The molecule has 7 nitrogen and oxygen atoms in total. The van der Waals surface area contributed by atoms with Gasteiger partial charge in [0.1, 0.15) is 5.69 Å². The average molecular weight is 439 g/mol. The van der Waals surface area contributed by atoms with Crippen LogP contribution in [0, 0.1) is 5.92 Å². The summed E-state index contributed by atoms with van der Waals surface area (Å²) in [6, 6.07) is 7.98. The highest BCUT2D eigenvalue weighted by Crippen LogP contribution is 2.38. The Bertz CT molecular complexity index is 1280. The largest absolute Gasteiger partial charge is 0.297 e. The number of sulfone groups is 1. The Morgan fingerprint density at radius 3 is 2.71 bits per heavy atom. The third kappa shape index (κ3) is 4.02. The number of aromatic nitrogens is 3. The van der Waals surface area contributed by atoms with E-state index < -0.39 is 9.84 Å². The second-order valence-electron chi connectivity index (χ2n) is 8.84. The summed E-state index contributed by atoms with van der Waals surface area (Å²) in [6.45, 7) is 3.37. The van der Waals surface area contributed by atoms with Crippen LogP contribution in [0.3, 0.4) is 0 Å². The average Bonchev–Trinajstić information content (AvgIpc) is 3.48. The van der Waals surface area contributed by atoms with Gasteiger partial charge in [-0.1, -0.05) is 12.1 Å². The lowest BCUT2D eigenvalue weighted by Gasteiger charge is -2.32. The first-order valence-electron chi connectivity index (χ1n) is 10.7. The van der Waals surface area contributed by atoms with Gasteiger partial charge in [0.05, 0.1) is 22.7 Å². The predicted molar refractivity (Wildman–Crippen MR) is 120 cm³/mol. The molecule has 31 heavy (non-hydrogen) atoms. The highest BCUT2D eigenvalue weighted by Gasteiger charge is 2.43. The molecule has 1 aliphatic carbocycles. The number of aryl methyl sites for hydroxylation is 1. The molecule has 0 radical (unpaired) electrons. The number of fused-ring (bicyclic) bond motifs is 1. The van der Waals surface area contributed by atoms with Crippen molar-refractivity contribution in [3.05, 3.63) is 47.9 Å². The van der Waals surface area contributed by atoms with Crippen LogP contribution in [0.2, 0.25) is 0 Å². The van der Waals surface area contributed by atoms with Crippen molar-refractivity contribution < 1.29 is 13.2 Å². The maximum absolute atomic E-state index is 12.4. The molecule has 1 saturated carbocycles. The lowest BCUT2D eigenvalue weighted by Crippen LogP contribution is -2.47. The van der Waals surface area contributed by atoms with Gasteiger partial charge >= 0.3 is 0 Å². The standard InChI is InChI=1S/C23H26N4O3S/c1-15(28)21-10-20(18-11-24-26(2)13-18)19-6-3-16(9-22(19)25-21)12-27-7-8-31(29,30)23(14-27)17-4-5-17/h3,6,9-11,13,17,23H,4-5,7-8,12,14H2,1-2H3. The zero-order valence-electron chi connectivity index (χ0n) is 17.8. The fourth-order valence-corrected chi connectivity index (χ4v) is 6.64. The summed E-state index contributed by atoms with van der Waals surface area (Å²) in [7, 11) is -1.10. The summed E-state index contributed by atoms with van der Waals surface area (Å²) in [5.41, 5.74) is 4.16. The van der Waals surface area contributed by atoms with E-state index in [1.165, 1.54) is 6.92 Å². The molecular formula is C23H26N4O3S. The Labute approximate surface area is 182 Å². The van der Waals surface area contributed by atoms with Gasteiger partial charge < -0.3 is 0 Å². The van der Waals surface area contributed by atoms with Gasteiger partial charge in [0.25, 0.3) is 0 Å². The Morgan fingerprint density at radius 2 is 2.03 bits per heavy atom. The van der Waals surface area contributed by atoms with E-state index in [-0.39, 0.29) is 16.8 Å². The molecular weight excluding hydrogens is 412 g/mol. The first kappa shape index (κ1) is 20.3. The topological polar surface area (TPSA) is 85.2 Å². The van der Waals surface area contributed by atoms with Crippen LogP contribution in [0.1, 0.15) is 35.8 Å². The number of pyridine rings is 1. The first-order valence-corrected chi connectivity index (χ1v) is 12.4. The molecule has 162 valence electrons. The van der Waals surface area contributed by atoms with Crippen LogP contribution in [0.5, 0.6) is 0 Å². The molecule has 3 heterocycles. The predicted octanol–water partition coefficient (Wildman–Crippen LogP) is 2.85. The molecule has 1 unspecified atom stereocenters. The second kappa shape index (κ2) is 7.53. The van der Waals surface area contributed by atoms with Gasteiger partial charge in [-0.2, -0.15) is 5.10 Å². The third-order valence-electron chi connectivity index (χ3n) is 6.40. The van der Waals surface area contributed by atoms with Crippen LogP contribution in [0.4, 0.5) is 0 Å². The molecule has 0 N–H and O–H groups in total. The molecule has 2 aromatic heterocycles. The van der Waals surface area contributed by atoms with Crippen LogP contribution >= 0.6 is 0 Å². The number of hydrogen-bond acceptors (Lipinski definition) is 6. The lowest BCUT2D eigenvalue weighted by molar-refractivity contribution is 0.101. The molecule has 5 rings (SSSR count). The Balaban J connectivity index is 1.47. The quantitative estimate of drug-likeness (QED) is 0.570. The highest BCUT2D eigenvalue weighted by molar-refractivity contribution is 7.92. The molecule has 1 aromatic carbocycles. The minimum absolute atomic E-state index is 0.0778. The van der Waals surface area contributed by atoms with Crippen molar-refractivity contribution in [2.75, 3.05) is 18.8 Å². The van der Waals surface area contributed by atoms with E-state index in [2.05, 4.69) is 21.0 Å². The summed E-state index contributed by atoms with van der Waals surface area (Å²) in [4.78, 5) is 18.9. The SMILES string of the molecule is CC(=O)c1cc(-c2cnn(C)c2)c2ccc(CN3CCS(=O)(=O)C(C4CC4)C3)cc2n1. The summed E-state index contributed by atoms with van der Waals surface area (Å²) >= 11 is 0. The normalized spacial score (nSPS) is 21.4. The number of rotatable bonds is 5. The molecule has 0 spiro atoms. The van der Waals surface area contributed by atoms with Crippen LogP contribution in [0.15, 0.2) is 36.7 Å². The van der Waals surface area contributed by atoms with Crippen molar-refractivity contribution in [1.82, 2.24) is 19.7 Å². The molecule has 3 aromatic rings. The number of nitrogens with zero attached hydrogens (tertiary/aromatic N) is 4. The first-order chi connectivity index (χ1) is 14.8. The second-order valence-corrected chi connectivity index (χ2v) is 11.2. The number of ketones is 1. The van der Waals surface area contributed by atoms with E-state index in [4.69, 9.17) is 0 Å². The van der Waals surface area contributed by atoms with E-state index in [0.717, 1.165) is 40.4 Å². The van der Waals surface area contributed by atoms with Gasteiger partial charge in [0.15, 0.2) is 15.6 Å². The van der Waals surface area contributed by atoms with Crippen LogP contribution in [-0.4, -0.2) is 58.0 Å². The number of hydrogen-bond donors (Lipinski definition) is 0. The van der Waals surface area contributed by atoms with E-state index in [9.17, 15) is 13.2 Å². The highest BCUT2D eigenvalue weighted by atomic mass is 32.2. The number of benzene rings is 1. The Hall–Kier alpha value is -2.58. The summed E-state index contributed by atoms with van der Waals surface area (Å²) in [5.74, 6) is 0.497. The van der Waals surface area contributed by atoms with Gasteiger partial charge in [-0.05, 0) is 42.0 Å². The Kier molecular flexibility index (Phi) is 4.94. The van der Waals surface area contributed by atoms with Gasteiger partial charge in [0.2, 0.25) is 0 Å². The monoisotopic (exact) mass is 438 g/mol. The van der Waals surface area contributed by atoms with Crippen molar-refractivity contribution >= 4 is 26.5 Å². The van der Waals surface area contributed by atoms with E-state index >= 15 is 0 Å². The van der Waals surface area contributed by atoms with Crippen LogP contribution in [0.25, 0.3) is 22.0 Å². The number of carbonyl (C=O) groups is 1. The van der Waals surface area contributed by atoms with Crippen molar-refractivity contribution in [3.63, 3.8) is 0 Å². The maximum atomic E-state index is 12.4. The smallest absolute Gasteiger partial charge is 0.178 e.